The fraction of sp³-hybridized carbons (Fsp3) is 1.00. The van der Waals surface area contributed by atoms with Gasteiger partial charge in [0.15, 0.2) is 0 Å². The summed E-state index contributed by atoms with van der Waals surface area (Å²) in [5.41, 5.74) is -0.385. The van der Waals surface area contributed by atoms with E-state index in [1.54, 1.807) is 0 Å². The van der Waals surface area contributed by atoms with Crippen LogP contribution in [-0.2, 0) is 0 Å². The number of hydrogen-bond acceptors (Lipinski definition) is 3. The highest BCUT2D eigenvalue weighted by molar-refractivity contribution is 6.29. The molecule has 4 unspecified atom stereocenters. The van der Waals surface area contributed by atoms with Crippen LogP contribution in [0, 0.1) is 5.92 Å². The zero-order chi connectivity index (χ0) is 20.1. The summed E-state index contributed by atoms with van der Waals surface area (Å²) in [5.74, 6) is 0.516. The van der Waals surface area contributed by atoms with Crippen molar-refractivity contribution in [1.29, 1.82) is 0 Å². The van der Waals surface area contributed by atoms with E-state index in [1.807, 2.05) is 0 Å². The Morgan fingerprint density at radius 2 is 1.22 bits per heavy atom. The van der Waals surface area contributed by atoms with Gasteiger partial charge in [0.2, 0.25) is 0 Å². The number of β-amino-alcohol motifs (C(OH)–C–C–N with tert-alkyl or cyclic N) is 1. The normalized spacial score (nSPS) is 25.3. The predicted molar refractivity (Wildman–Crippen MR) is 119 cm³/mol. The first kappa shape index (κ1) is 25.5. The van der Waals surface area contributed by atoms with Crippen LogP contribution in [0.3, 0.4) is 0 Å². The highest BCUT2D eigenvalue weighted by Crippen LogP contribution is 2.36. The lowest BCUT2D eigenvalue weighted by molar-refractivity contribution is 0.0612. The molecule has 1 heterocycles. The Morgan fingerprint density at radius 1 is 0.741 bits per heavy atom. The molecule has 0 aromatic carbocycles. The fourth-order valence-electron chi connectivity index (χ4n) is 4.44. The van der Waals surface area contributed by atoms with E-state index in [4.69, 9.17) is 23.2 Å². The van der Waals surface area contributed by atoms with Crippen molar-refractivity contribution in [3.05, 3.63) is 0 Å². The zero-order valence-corrected chi connectivity index (χ0v) is 19.5. The van der Waals surface area contributed by atoms with E-state index >= 15 is 0 Å². The molecule has 0 bridgehead atoms. The second-order valence-electron chi connectivity index (χ2n) is 8.31. The van der Waals surface area contributed by atoms with Crippen molar-refractivity contribution in [3.63, 3.8) is 0 Å². The van der Waals surface area contributed by atoms with Gasteiger partial charge in [-0.3, -0.25) is 9.80 Å². The second kappa shape index (κ2) is 15.3. The average molecular weight is 424 g/mol. The smallest absolute Gasteiger partial charge is 0.116 e. The number of rotatable bonds is 16. The quantitative estimate of drug-likeness (QED) is 0.177. The summed E-state index contributed by atoms with van der Waals surface area (Å²) in [7, 11) is 0. The Bertz CT molecular complexity index is 341. The molecule has 27 heavy (non-hydrogen) atoms. The summed E-state index contributed by atoms with van der Waals surface area (Å²) in [6.07, 6.45) is 16.3. The van der Waals surface area contributed by atoms with E-state index in [1.165, 1.54) is 70.6 Å². The predicted octanol–water partition coefficient (Wildman–Crippen LogP) is 6.41. The summed E-state index contributed by atoms with van der Waals surface area (Å²) in [6, 6.07) is 0. The summed E-state index contributed by atoms with van der Waals surface area (Å²) < 4.78 is 0. The van der Waals surface area contributed by atoms with E-state index in [0.717, 1.165) is 13.0 Å². The molecule has 1 aliphatic rings. The molecule has 0 aromatic heterocycles. The molecule has 5 heteroatoms. The third-order valence-electron chi connectivity index (χ3n) is 5.90. The van der Waals surface area contributed by atoms with E-state index in [9.17, 15) is 5.11 Å². The van der Waals surface area contributed by atoms with Crippen LogP contribution in [0.1, 0.15) is 97.8 Å². The molecule has 0 aromatic rings. The van der Waals surface area contributed by atoms with Gasteiger partial charge in [-0.05, 0) is 18.8 Å². The number of halogens is 2. The van der Waals surface area contributed by atoms with Crippen LogP contribution in [0.2, 0.25) is 0 Å². The number of nitrogens with zero attached hydrogens (tertiary/aromatic N) is 2. The Morgan fingerprint density at radius 3 is 1.70 bits per heavy atom. The number of alkyl halides is 2. The van der Waals surface area contributed by atoms with Crippen molar-refractivity contribution in [2.45, 2.75) is 115 Å². The van der Waals surface area contributed by atoms with Gasteiger partial charge in [-0.15, -0.1) is 23.2 Å². The molecule has 1 N–H and O–H groups in total. The fourth-order valence-corrected chi connectivity index (χ4v) is 5.16. The monoisotopic (exact) mass is 422 g/mol. The standard InChI is InChI=1S/C22H44Cl2N2O/c1-4-6-7-8-9-10-11-12-13-14-15-19(3)22-25(16-5-2)20(23)21(24)26(22)17-18-27/h19-22,27H,4-18H2,1-3H3. The van der Waals surface area contributed by atoms with Crippen molar-refractivity contribution in [2.75, 3.05) is 19.7 Å². The van der Waals surface area contributed by atoms with Crippen molar-refractivity contribution in [3.8, 4) is 0 Å². The molecular weight excluding hydrogens is 379 g/mol. The van der Waals surface area contributed by atoms with E-state index in [0.29, 0.717) is 12.5 Å². The number of aliphatic hydroxyl groups is 1. The van der Waals surface area contributed by atoms with Crippen molar-refractivity contribution in [2.24, 2.45) is 5.92 Å². The summed E-state index contributed by atoms with van der Waals surface area (Å²) in [4.78, 5) is 4.55. The van der Waals surface area contributed by atoms with E-state index in [2.05, 4.69) is 30.6 Å². The van der Waals surface area contributed by atoms with Crippen molar-refractivity contribution < 1.29 is 5.11 Å². The Kier molecular flexibility index (Phi) is 14.5. The van der Waals surface area contributed by atoms with Gasteiger partial charge in [-0.25, -0.2) is 0 Å². The third-order valence-corrected chi connectivity index (χ3v) is 7.01. The molecule has 0 radical (unpaired) electrons. The first-order valence-electron chi connectivity index (χ1n) is 11.5. The van der Waals surface area contributed by atoms with Gasteiger partial charge >= 0.3 is 0 Å². The van der Waals surface area contributed by atoms with Crippen LogP contribution in [-0.4, -0.2) is 51.8 Å². The zero-order valence-electron chi connectivity index (χ0n) is 18.0. The first-order valence-corrected chi connectivity index (χ1v) is 12.4. The van der Waals surface area contributed by atoms with Crippen LogP contribution in [0.5, 0.6) is 0 Å². The van der Waals surface area contributed by atoms with Crippen LogP contribution in [0.15, 0.2) is 0 Å². The molecule has 0 saturated carbocycles. The van der Waals surface area contributed by atoms with Gasteiger partial charge in [0.25, 0.3) is 0 Å². The molecule has 162 valence electrons. The lowest BCUT2D eigenvalue weighted by Crippen LogP contribution is -2.46. The van der Waals surface area contributed by atoms with Gasteiger partial charge < -0.3 is 5.11 Å². The van der Waals surface area contributed by atoms with Crippen molar-refractivity contribution >= 4 is 23.2 Å². The first-order chi connectivity index (χ1) is 13.1. The van der Waals surface area contributed by atoms with Crippen molar-refractivity contribution in [1.82, 2.24) is 9.80 Å². The topological polar surface area (TPSA) is 26.7 Å². The number of aliphatic hydroxyl groups excluding tert-OH is 1. The maximum Gasteiger partial charge on any atom is 0.116 e. The minimum atomic E-state index is -0.217. The van der Waals surface area contributed by atoms with E-state index < -0.39 is 0 Å². The molecule has 0 amide bonds. The molecule has 0 spiro atoms. The lowest BCUT2D eigenvalue weighted by Gasteiger charge is -2.35. The van der Waals surface area contributed by atoms with Crippen LogP contribution >= 0.6 is 23.2 Å². The van der Waals surface area contributed by atoms with Crippen LogP contribution < -0.4 is 0 Å². The highest BCUT2D eigenvalue weighted by Gasteiger charge is 2.46. The maximum atomic E-state index is 9.45. The second-order valence-corrected chi connectivity index (χ2v) is 9.20. The minimum Gasteiger partial charge on any atom is -0.395 e. The largest absolute Gasteiger partial charge is 0.395 e. The summed E-state index contributed by atoms with van der Waals surface area (Å²) in [6.45, 7) is 8.48. The van der Waals surface area contributed by atoms with Gasteiger partial charge in [-0.2, -0.15) is 0 Å². The molecular formula is C22H44Cl2N2O. The van der Waals surface area contributed by atoms with Gasteiger partial charge in [0.1, 0.15) is 11.0 Å². The number of unbranched alkanes of at least 4 members (excludes halogenated alkanes) is 9. The Hall–Kier alpha value is 0.460. The maximum absolute atomic E-state index is 9.45. The van der Waals surface area contributed by atoms with Gasteiger partial charge in [-0.1, -0.05) is 85.0 Å². The molecule has 4 atom stereocenters. The minimum absolute atomic E-state index is 0.133. The summed E-state index contributed by atoms with van der Waals surface area (Å²) >= 11 is 13.2. The SMILES string of the molecule is CCCCCCCCCCCCC(C)C1N(CCC)C(Cl)C(Cl)N1CCO. The molecule has 1 fully saturated rings. The molecule has 0 aliphatic carbocycles. The molecule has 1 aliphatic heterocycles. The molecule has 3 nitrogen and oxygen atoms in total. The van der Waals surface area contributed by atoms with Crippen LogP contribution in [0.25, 0.3) is 0 Å². The summed E-state index contributed by atoms with van der Waals surface area (Å²) in [5, 5.41) is 9.45. The Balaban J connectivity index is 2.30. The molecule has 1 rings (SSSR count). The van der Waals surface area contributed by atoms with E-state index in [-0.39, 0.29) is 23.8 Å². The third kappa shape index (κ3) is 8.78. The van der Waals surface area contributed by atoms with Gasteiger partial charge in [0.05, 0.1) is 12.8 Å². The highest BCUT2D eigenvalue weighted by atomic mass is 35.5. The Labute approximate surface area is 178 Å². The van der Waals surface area contributed by atoms with Crippen LogP contribution in [0.4, 0.5) is 0 Å². The number of hydrogen-bond donors (Lipinski definition) is 1. The molecule has 1 saturated heterocycles. The van der Waals surface area contributed by atoms with Gasteiger partial charge in [0, 0.05) is 13.1 Å². The lowest BCUT2D eigenvalue weighted by atomic mass is 9.97. The average Bonchev–Trinajstić information content (AvgIpc) is 2.89.